The second-order valence-corrected chi connectivity index (χ2v) is 16.8. The summed E-state index contributed by atoms with van der Waals surface area (Å²) in [4.78, 5) is 15.5. The predicted molar refractivity (Wildman–Crippen MR) is 240 cm³/mol. The van der Waals surface area contributed by atoms with E-state index in [1.165, 1.54) is 66.4 Å². The molecule has 0 amide bonds. The van der Waals surface area contributed by atoms with Gasteiger partial charge in [0.2, 0.25) is 0 Å². The van der Waals surface area contributed by atoms with E-state index in [2.05, 4.69) is 191 Å². The van der Waals surface area contributed by atoms with E-state index >= 15 is 0 Å². The summed E-state index contributed by atoms with van der Waals surface area (Å²) in [5, 5.41) is 2.68. The average molecular weight is 744 g/mol. The van der Waals surface area contributed by atoms with Gasteiger partial charge in [0.15, 0.2) is 17.5 Å². The highest BCUT2D eigenvalue weighted by Crippen LogP contribution is 2.58. The summed E-state index contributed by atoms with van der Waals surface area (Å²) in [6.45, 7) is 9.61. The largest absolute Gasteiger partial charge is 0.208 e. The maximum Gasteiger partial charge on any atom is 0.164 e. The molecule has 0 fully saturated rings. The molecule has 0 bridgehead atoms. The minimum atomic E-state index is -0.261. The zero-order valence-electron chi connectivity index (χ0n) is 33.1. The fourth-order valence-corrected chi connectivity index (χ4v) is 9.79. The van der Waals surface area contributed by atoms with Gasteiger partial charge >= 0.3 is 0 Å². The predicted octanol–water partition coefficient (Wildman–Crippen LogP) is 14.0. The molecule has 9 aromatic rings. The van der Waals surface area contributed by atoms with E-state index in [1.54, 1.807) is 0 Å². The summed E-state index contributed by atoms with van der Waals surface area (Å²) in [5.74, 6) is 1.97. The molecule has 0 saturated carbocycles. The minimum absolute atomic E-state index is 0.180. The van der Waals surface area contributed by atoms with Crippen molar-refractivity contribution in [2.45, 2.75) is 38.5 Å². The minimum Gasteiger partial charge on any atom is -0.208 e. The fraction of sp³-hybridized carbons (Fsp3) is 0.109. The molecule has 2 aliphatic carbocycles. The molecule has 1 heterocycles. The summed E-state index contributed by atoms with van der Waals surface area (Å²) in [7, 11) is 0. The number of aromatic nitrogens is 3. The van der Waals surface area contributed by atoms with E-state index in [0.29, 0.717) is 17.5 Å². The van der Waals surface area contributed by atoms with E-state index in [9.17, 15) is 0 Å². The van der Waals surface area contributed by atoms with Crippen molar-refractivity contribution in [3.63, 3.8) is 0 Å². The van der Waals surface area contributed by atoms with E-state index in [4.69, 9.17) is 15.0 Å². The Balaban J connectivity index is 1.04. The molecular formula is C55H41N3. The molecule has 0 atom stereocenters. The smallest absolute Gasteiger partial charge is 0.164 e. The van der Waals surface area contributed by atoms with Crippen LogP contribution in [0.2, 0.25) is 0 Å². The van der Waals surface area contributed by atoms with Gasteiger partial charge in [0, 0.05) is 27.5 Å². The van der Waals surface area contributed by atoms with Crippen molar-refractivity contribution in [2.24, 2.45) is 0 Å². The van der Waals surface area contributed by atoms with Gasteiger partial charge in [-0.05, 0) is 83.6 Å². The van der Waals surface area contributed by atoms with Gasteiger partial charge in [0.1, 0.15) is 0 Å². The van der Waals surface area contributed by atoms with E-state index in [-0.39, 0.29) is 10.8 Å². The van der Waals surface area contributed by atoms with Gasteiger partial charge in [-0.2, -0.15) is 0 Å². The monoisotopic (exact) mass is 743 g/mol. The standard InChI is InChI=1S/C55H41N3/c1-54(2)46-20-12-18-38-17-11-19-43(48(38)46)45-32-31-44-42-30-29-41(33-47(42)55(3,4)49(44)50(45)54)53-57-51(39-25-21-36(22-26-39)34-13-7-5-8-14-34)56-52(58-53)40-27-23-37(24-28-40)35-15-9-6-10-16-35/h5-33H,1-4H3. The van der Waals surface area contributed by atoms with Crippen LogP contribution in [0.3, 0.4) is 0 Å². The van der Waals surface area contributed by atoms with Gasteiger partial charge < -0.3 is 0 Å². The van der Waals surface area contributed by atoms with Gasteiger partial charge in [-0.3, -0.25) is 0 Å². The van der Waals surface area contributed by atoms with Crippen LogP contribution in [-0.4, -0.2) is 15.0 Å². The third-order valence-electron chi connectivity index (χ3n) is 12.7. The molecule has 1 aromatic heterocycles. The van der Waals surface area contributed by atoms with E-state index in [1.807, 2.05) is 12.1 Å². The third-order valence-corrected chi connectivity index (χ3v) is 12.7. The highest BCUT2D eigenvalue weighted by atomic mass is 15.0. The van der Waals surface area contributed by atoms with Crippen LogP contribution >= 0.6 is 0 Å². The summed E-state index contributed by atoms with van der Waals surface area (Å²) >= 11 is 0. The van der Waals surface area contributed by atoms with Crippen molar-refractivity contribution in [1.82, 2.24) is 15.0 Å². The molecule has 276 valence electrons. The van der Waals surface area contributed by atoms with Crippen LogP contribution in [0.25, 0.3) is 89.4 Å². The average Bonchev–Trinajstić information content (AvgIpc) is 3.51. The second kappa shape index (κ2) is 12.8. The van der Waals surface area contributed by atoms with Crippen molar-refractivity contribution >= 4 is 10.8 Å². The van der Waals surface area contributed by atoms with E-state index in [0.717, 1.165) is 27.8 Å². The van der Waals surface area contributed by atoms with Crippen LogP contribution < -0.4 is 0 Å². The van der Waals surface area contributed by atoms with Gasteiger partial charge in [0.05, 0.1) is 0 Å². The highest BCUT2D eigenvalue weighted by molar-refractivity contribution is 6.05. The van der Waals surface area contributed by atoms with Gasteiger partial charge in [-0.15, -0.1) is 0 Å². The molecule has 3 nitrogen and oxygen atoms in total. The lowest BCUT2D eigenvalue weighted by Crippen LogP contribution is -2.29. The first kappa shape index (κ1) is 34.3. The SMILES string of the molecule is CC1(C)c2cc(-c3nc(-c4ccc(-c5ccccc5)cc4)nc(-c4ccc(-c5ccccc5)cc4)n3)ccc2-c2ccc3c(c21)C(C)(C)c1cccc2cccc-3c12. The summed E-state index contributed by atoms with van der Waals surface area (Å²) in [6.07, 6.45) is 0. The normalized spacial score (nSPS) is 14.1. The summed E-state index contributed by atoms with van der Waals surface area (Å²) in [6, 6.07) is 63.1. The Labute approximate surface area is 339 Å². The number of fused-ring (bicyclic) bond motifs is 6. The molecule has 11 rings (SSSR count). The topological polar surface area (TPSA) is 38.7 Å². The Morgan fingerprint density at radius 2 is 0.724 bits per heavy atom. The molecule has 0 aliphatic heterocycles. The van der Waals surface area contributed by atoms with Crippen LogP contribution in [0.15, 0.2) is 176 Å². The van der Waals surface area contributed by atoms with Crippen LogP contribution in [0.1, 0.15) is 49.9 Å². The maximum atomic E-state index is 5.21. The number of hydrogen-bond donors (Lipinski definition) is 0. The lowest BCUT2D eigenvalue weighted by Gasteiger charge is -2.39. The quantitative estimate of drug-likeness (QED) is 0.176. The molecule has 58 heavy (non-hydrogen) atoms. The first-order chi connectivity index (χ1) is 28.3. The zero-order valence-corrected chi connectivity index (χ0v) is 33.1. The Hall–Kier alpha value is -6.97. The first-order valence-corrected chi connectivity index (χ1v) is 20.2. The van der Waals surface area contributed by atoms with Crippen molar-refractivity contribution in [3.8, 4) is 78.7 Å². The molecule has 0 saturated heterocycles. The number of benzene rings is 8. The maximum absolute atomic E-state index is 5.21. The Bertz CT molecular complexity index is 2960. The summed E-state index contributed by atoms with van der Waals surface area (Å²) in [5.41, 5.74) is 17.9. The molecular weight excluding hydrogens is 703 g/mol. The van der Waals surface area contributed by atoms with Crippen LogP contribution in [-0.2, 0) is 10.8 Å². The molecule has 3 heteroatoms. The zero-order chi connectivity index (χ0) is 39.2. The van der Waals surface area contributed by atoms with Crippen molar-refractivity contribution in [1.29, 1.82) is 0 Å². The molecule has 2 aliphatic rings. The van der Waals surface area contributed by atoms with Crippen molar-refractivity contribution in [2.75, 3.05) is 0 Å². The molecule has 0 spiro atoms. The van der Waals surface area contributed by atoms with Gasteiger partial charge in [-0.25, -0.2) is 15.0 Å². The number of nitrogens with zero attached hydrogens (tertiary/aromatic N) is 3. The molecule has 0 unspecified atom stereocenters. The second-order valence-electron chi connectivity index (χ2n) is 16.8. The Morgan fingerprint density at radius 3 is 1.28 bits per heavy atom. The van der Waals surface area contributed by atoms with Crippen LogP contribution in [0.5, 0.6) is 0 Å². The fourth-order valence-electron chi connectivity index (χ4n) is 9.79. The third kappa shape index (κ3) is 5.23. The van der Waals surface area contributed by atoms with Gasteiger partial charge in [-0.1, -0.05) is 198 Å². The molecule has 8 aromatic carbocycles. The summed E-state index contributed by atoms with van der Waals surface area (Å²) < 4.78 is 0. The Morgan fingerprint density at radius 1 is 0.310 bits per heavy atom. The highest BCUT2D eigenvalue weighted by Gasteiger charge is 2.44. The van der Waals surface area contributed by atoms with Crippen molar-refractivity contribution in [3.05, 3.63) is 198 Å². The lowest BCUT2D eigenvalue weighted by molar-refractivity contribution is 0.591. The van der Waals surface area contributed by atoms with Crippen molar-refractivity contribution < 1.29 is 0 Å². The lowest BCUT2D eigenvalue weighted by atomic mass is 9.63. The van der Waals surface area contributed by atoms with Crippen LogP contribution in [0.4, 0.5) is 0 Å². The molecule has 0 N–H and O–H groups in total. The van der Waals surface area contributed by atoms with Gasteiger partial charge in [0.25, 0.3) is 0 Å². The number of rotatable bonds is 5. The first-order valence-electron chi connectivity index (χ1n) is 20.2. The number of hydrogen-bond acceptors (Lipinski definition) is 3. The molecule has 0 radical (unpaired) electrons. The van der Waals surface area contributed by atoms with Crippen LogP contribution in [0, 0.1) is 0 Å². The van der Waals surface area contributed by atoms with E-state index < -0.39 is 0 Å². The Kier molecular flexibility index (Phi) is 7.55.